The fourth-order valence-electron chi connectivity index (χ4n) is 3.20. The minimum Gasteiger partial charge on any atom is -0.374 e. The van der Waals surface area contributed by atoms with Crippen molar-refractivity contribution in [2.75, 3.05) is 19.7 Å². The molecule has 4 rings (SSSR count). The summed E-state index contributed by atoms with van der Waals surface area (Å²) >= 11 is 0. The molecule has 1 aliphatic heterocycles. The summed E-state index contributed by atoms with van der Waals surface area (Å²) in [4.78, 5) is 9.09. The highest BCUT2D eigenvalue weighted by Crippen LogP contribution is 2.30. The Morgan fingerprint density at radius 1 is 1.26 bits per heavy atom. The van der Waals surface area contributed by atoms with E-state index >= 15 is 0 Å². The molecule has 0 spiro atoms. The number of aryl methyl sites for hydroxylation is 1. The Morgan fingerprint density at radius 3 is 3.09 bits per heavy atom. The van der Waals surface area contributed by atoms with E-state index in [2.05, 4.69) is 45.0 Å². The minimum atomic E-state index is 0.185. The maximum atomic E-state index is 5.84. The number of fused-ring (bicyclic) bond motifs is 1. The topological polar surface area (TPSA) is 52.0 Å². The second-order valence-electron chi connectivity index (χ2n) is 5.93. The van der Waals surface area contributed by atoms with E-state index in [-0.39, 0.29) is 6.10 Å². The zero-order valence-electron chi connectivity index (χ0n) is 13.2. The van der Waals surface area contributed by atoms with Gasteiger partial charge in [0.15, 0.2) is 0 Å². The van der Waals surface area contributed by atoms with Gasteiger partial charge < -0.3 is 14.6 Å². The maximum absolute atomic E-state index is 5.84. The smallest absolute Gasteiger partial charge is 0.140 e. The van der Waals surface area contributed by atoms with Gasteiger partial charge in [0.25, 0.3) is 0 Å². The highest BCUT2D eigenvalue weighted by Gasteiger charge is 2.18. The van der Waals surface area contributed by atoms with Gasteiger partial charge in [0.1, 0.15) is 5.82 Å². The average molecular weight is 308 g/mol. The molecule has 1 N–H and O–H groups in total. The number of ether oxygens (including phenoxy) is 1. The molecule has 5 nitrogen and oxygen atoms in total. The molecule has 1 unspecified atom stereocenters. The summed E-state index contributed by atoms with van der Waals surface area (Å²) in [6.45, 7) is 5.51. The summed E-state index contributed by atoms with van der Waals surface area (Å²) in [7, 11) is 0. The fourth-order valence-corrected chi connectivity index (χ4v) is 3.20. The van der Waals surface area contributed by atoms with E-state index in [0.717, 1.165) is 48.5 Å². The normalized spacial score (nSPS) is 18.4. The van der Waals surface area contributed by atoms with Crippen LogP contribution in [-0.2, 0) is 11.3 Å². The van der Waals surface area contributed by atoms with Crippen molar-refractivity contribution < 1.29 is 4.74 Å². The van der Waals surface area contributed by atoms with Gasteiger partial charge in [0, 0.05) is 42.6 Å². The van der Waals surface area contributed by atoms with Crippen LogP contribution in [0.1, 0.15) is 5.56 Å². The Bertz CT molecular complexity index is 821. The average Bonchev–Trinajstić information content (AvgIpc) is 3.03. The molecule has 118 valence electrons. The van der Waals surface area contributed by atoms with Gasteiger partial charge in [-0.2, -0.15) is 0 Å². The van der Waals surface area contributed by atoms with Crippen molar-refractivity contribution in [1.29, 1.82) is 0 Å². The molecule has 0 radical (unpaired) electrons. The van der Waals surface area contributed by atoms with Crippen molar-refractivity contribution in [3.63, 3.8) is 0 Å². The SMILES string of the molecule is Cc1ccc2ncccc2c1-c1nccn1CC1CNCCO1. The summed E-state index contributed by atoms with van der Waals surface area (Å²) in [6.07, 6.45) is 5.91. The standard InChI is InChI=1S/C18H20N4O/c1-13-4-5-16-15(3-2-6-20-16)17(13)18-21-7-9-22(18)12-14-11-19-8-10-23-14/h2-7,9,14,19H,8,10-12H2,1H3. The Balaban J connectivity index is 1.77. The lowest BCUT2D eigenvalue weighted by molar-refractivity contribution is 0.0185. The van der Waals surface area contributed by atoms with Gasteiger partial charge in [-0.05, 0) is 24.6 Å². The number of hydrogen-bond acceptors (Lipinski definition) is 4. The molecule has 0 aliphatic carbocycles. The van der Waals surface area contributed by atoms with Crippen LogP contribution in [0.2, 0.25) is 0 Å². The fraction of sp³-hybridized carbons (Fsp3) is 0.333. The van der Waals surface area contributed by atoms with Gasteiger partial charge in [-0.25, -0.2) is 4.98 Å². The highest BCUT2D eigenvalue weighted by atomic mass is 16.5. The summed E-state index contributed by atoms with van der Waals surface area (Å²) in [6, 6.07) is 8.27. The van der Waals surface area contributed by atoms with E-state index in [9.17, 15) is 0 Å². The molecule has 1 saturated heterocycles. The predicted molar refractivity (Wildman–Crippen MR) is 90.3 cm³/mol. The molecule has 0 bridgehead atoms. The predicted octanol–water partition coefficient (Wildman–Crippen LogP) is 2.40. The Kier molecular flexibility index (Phi) is 3.81. The Hall–Kier alpha value is -2.24. The number of imidazole rings is 1. The number of morpholine rings is 1. The molecule has 0 amide bonds. The largest absolute Gasteiger partial charge is 0.374 e. The first kappa shape index (κ1) is 14.4. The van der Waals surface area contributed by atoms with Crippen molar-refractivity contribution in [3.05, 3.63) is 48.4 Å². The molecular formula is C18H20N4O. The molecule has 1 aromatic carbocycles. The van der Waals surface area contributed by atoms with Crippen molar-refractivity contribution in [2.45, 2.75) is 19.6 Å². The maximum Gasteiger partial charge on any atom is 0.140 e. The van der Waals surface area contributed by atoms with E-state index in [4.69, 9.17) is 4.74 Å². The Morgan fingerprint density at radius 2 is 2.22 bits per heavy atom. The molecule has 5 heteroatoms. The Labute approximate surface area is 135 Å². The van der Waals surface area contributed by atoms with E-state index in [1.54, 1.807) is 0 Å². The van der Waals surface area contributed by atoms with Gasteiger partial charge in [-0.1, -0.05) is 12.1 Å². The third-order valence-electron chi connectivity index (χ3n) is 4.34. The lowest BCUT2D eigenvalue weighted by Gasteiger charge is -2.24. The molecule has 3 aromatic rings. The van der Waals surface area contributed by atoms with Gasteiger partial charge in [0.05, 0.1) is 24.8 Å². The number of nitrogens with one attached hydrogen (secondary N) is 1. The summed E-state index contributed by atoms with van der Waals surface area (Å²) < 4.78 is 8.02. The summed E-state index contributed by atoms with van der Waals surface area (Å²) in [5.74, 6) is 0.982. The van der Waals surface area contributed by atoms with E-state index in [0.29, 0.717) is 0 Å². The van der Waals surface area contributed by atoms with Crippen LogP contribution in [0, 0.1) is 6.92 Å². The van der Waals surface area contributed by atoms with Crippen LogP contribution in [0.3, 0.4) is 0 Å². The van der Waals surface area contributed by atoms with Crippen molar-refractivity contribution in [3.8, 4) is 11.4 Å². The first-order valence-electron chi connectivity index (χ1n) is 8.01. The molecule has 23 heavy (non-hydrogen) atoms. The molecule has 3 heterocycles. The van der Waals surface area contributed by atoms with Crippen LogP contribution in [0.4, 0.5) is 0 Å². The van der Waals surface area contributed by atoms with Crippen LogP contribution in [0.15, 0.2) is 42.9 Å². The number of aromatic nitrogens is 3. The van der Waals surface area contributed by atoms with Gasteiger partial charge in [0.2, 0.25) is 0 Å². The molecule has 1 atom stereocenters. The molecule has 2 aromatic heterocycles. The molecule has 1 fully saturated rings. The number of hydrogen-bond donors (Lipinski definition) is 1. The first-order chi connectivity index (χ1) is 11.3. The molecule has 1 aliphatic rings. The first-order valence-corrected chi connectivity index (χ1v) is 8.01. The lowest BCUT2D eigenvalue weighted by Crippen LogP contribution is -2.40. The van der Waals surface area contributed by atoms with E-state index in [1.807, 2.05) is 24.7 Å². The second kappa shape index (κ2) is 6.10. The van der Waals surface area contributed by atoms with Crippen LogP contribution < -0.4 is 5.32 Å². The minimum absolute atomic E-state index is 0.185. The molecular weight excluding hydrogens is 288 g/mol. The van der Waals surface area contributed by atoms with Crippen LogP contribution in [0.25, 0.3) is 22.3 Å². The van der Waals surface area contributed by atoms with Crippen LogP contribution in [0.5, 0.6) is 0 Å². The third-order valence-corrected chi connectivity index (χ3v) is 4.34. The van der Waals surface area contributed by atoms with Gasteiger partial charge in [-0.3, -0.25) is 4.98 Å². The number of nitrogens with zero attached hydrogens (tertiary/aromatic N) is 3. The van der Waals surface area contributed by atoms with Crippen LogP contribution >= 0.6 is 0 Å². The zero-order chi connectivity index (χ0) is 15.6. The second-order valence-corrected chi connectivity index (χ2v) is 5.93. The van der Waals surface area contributed by atoms with E-state index in [1.165, 1.54) is 5.56 Å². The third kappa shape index (κ3) is 2.73. The van der Waals surface area contributed by atoms with Crippen molar-refractivity contribution >= 4 is 10.9 Å². The monoisotopic (exact) mass is 308 g/mol. The quantitative estimate of drug-likeness (QED) is 0.807. The molecule has 0 saturated carbocycles. The number of pyridine rings is 1. The highest BCUT2D eigenvalue weighted by molar-refractivity contribution is 5.94. The number of rotatable bonds is 3. The van der Waals surface area contributed by atoms with E-state index < -0.39 is 0 Å². The summed E-state index contributed by atoms with van der Waals surface area (Å²) in [5, 5.41) is 4.52. The van der Waals surface area contributed by atoms with Crippen molar-refractivity contribution in [1.82, 2.24) is 19.9 Å². The lowest BCUT2D eigenvalue weighted by atomic mass is 10.0. The number of benzene rings is 1. The van der Waals surface area contributed by atoms with Crippen LogP contribution in [-0.4, -0.2) is 40.3 Å². The van der Waals surface area contributed by atoms with Crippen molar-refractivity contribution in [2.24, 2.45) is 0 Å². The van der Waals surface area contributed by atoms with Gasteiger partial charge >= 0.3 is 0 Å². The summed E-state index contributed by atoms with van der Waals surface area (Å²) in [5.41, 5.74) is 3.36. The van der Waals surface area contributed by atoms with Gasteiger partial charge in [-0.15, -0.1) is 0 Å². The zero-order valence-corrected chi connectivity index (χ0v) is 13.2.